The van der Waals surface area contributed by atoms with Gasteiger partial charge in [0, 0.05) is 17.3 Å². The van der Waals surface area contributed by atoms with Crippen molar-refractivity contribution >= 4 is 39.9 Å². The Balaban J connectivity index is 1.70. The molecule has 0 aliphatic rings. The van der Waals surface area contributed by atoms with E-state index in [1.54, 1.807) is 41.8 Å². The average molecular weight is 396 g/mol. The molecule has 2 heterocycles. The standard InChI is InChI=1S/C20H17N3O2S2/c1-13(2)25-20(24)14-5-7-16(8-6-14)22-11-15(10-21)19-23-17(12-27-19)18-4-3-9-26-18/h3-9,11-13,22H,1-2H3/b15-11+. The van der Waals surface area contributed by atoms with Gasteiger partial charge in [0.2, 0.25) is 0 Å². The molecule has 2 aromatic heterocycles. The average Bonchev–Trinajstić information content (AvgIpc) is 3.34. The van der Waals surface area contributed by atoms with Gasteiger partial charge >= 0.3 is 5.97 Å². The predicted octanol–water partition coefficient (Wildman–Crippen LogP) is 5.41. The van der Waals surface area contributed by atoms with E-state index >= 15 is 0 Å². The molecule has 0 radical (unpaired) electrons. The number of allylic oxidation sites excluding steroid dienone is 1. The first-order valence-corrected chi connectivity index (χ1v) is 10.0. The molecular weight excluding hydrogens is 378 g/mol. The molecule has 0 aliphatic heterocycles. The molecule has 0 spiro atoms. The van der Waals surface area contributed by atoms with Gasteiger partial charge in [-0.3, -0.25) is 0 Å². The minimum atomic E-state index is -0.353. The molecule has 0 aliphatic carbocycles. The predicted molar refractivity (Wildman–Crippen MR) is 110 cm³/mol. The number of hydrogen-bond acceptors (Lipinski definition) is 7. The van der Waals surface area contributed by atoms with Gasteiger partial charge in [0.05, 0.1) is 22.2 Å². The molecule has 0 unspecified atom stereocenters. The van der Waals surface area contributed by atoms with Gasteiger partial charge < -0.3 is 10.1 Å². The summed E-state index contributed by atoms with van der Waals surface area (Å²) in [6, 6.07) is 13.1. The zero-order chi connectivity index (χ0) is 19.2. The number of carbonyl (C=O) groups excluding carboxylic acids is 1. The van der Waals surface area contributed by atoms with Crippen molar-refractivity contribution in [3.63, 3.8) is 0 Å². The van der Waals surface area contributed by atoms with Crippen LogP contribution in [-0.2, 0) is 4.74 Å². The monoisotopic (exact) mass is 395 g/mol. The SMILES string of the molecule is CC(C)OC(=O)c1ccc(N/C=C(\C#N)c2nc(-c3cccs3)cs2)cc1. The number of anilines is 1. The van der Waals surface area contributed by atoms with E-state index in [1.807, 2.05) is 36.7 Å². The molecule has 0 saturated heterocycles. The molecule has 3 aromatic rings. The Morgan fingerprint density at radius 3 is 2.67 bits per heavy atom. The lowest BCUT2D eigenvalue weighted by Crippen LogP contribution is -2.11. The van der Waals surface area contributed by atoms with Crippen LogP contribution in [0.5, 0.6) is 0 Å². The van der Waals surface area contributed by atoms with Crippen LogP contribution in [0.2, 0.25) is 0 Å². The number of thiophene rings is 1. The van der Waals surface area contributed by atoms with Crippen molar-refractivity contribution in [2.24, 2.45) is 0 Å². The zero-order valence-corrected chi connectivity index (χ0v) is 16.4. The molecular formula is C20H17N3O2S2. The Morgan fingerprint density at radius 1 is 1.26 bits per heavy atom. The Morgan fingerprint density at radius 2 is 2.04 bits per heavy atom. The summed E-state index contributed by atoms with van der Waals surface area (Å²) in [5.41, 5.74) is 2.57. The first-order valence-electron chi connectivity index (χ1n) is 8.24. The number of esters is 1. The highest BCUT2D eigenvalue weighted by atomic mass is 32.1. The molecule has 0 amide bonds. The van der Waals surface area contributed by atoms with Crippen LogP contribution < -0.4 is 5.32 Å². The fraction of sp³-hybridized carbons (Fsp3) is 0.150. The maximum absolute atomic E-state index is 11.9. The third-order valence-electron chi connectivity index (χ3n) is 3.48. The Hall–Kier alpha value is -2.95. The highest BCUT2D eigenvalue weighted by Crippen LogP contribution is 2.28. The molecule has 1 N–H and O–H groups in total. The van der Waals surface area contributed by atoms with Crippen molar-refractivity contribution in [1.82, 2.24) is 4.98 Å². The largest absolute Gasteiger partial charge is 0.459 e. The van der Waals surface area contributed by atoms with Crippen LogP contribution in [0.1, 0.15) is 29.2 Å². The fourth-order valence-electron chi connectivity index (χ4n) is 2.22. The van der Waals surface area contributed by atoms with Crippen LogP contribution in [0.4, 0.5) is 5.69 Å². The van der Waals surface area contributed by atoms with E-state index in [-0.39, 0.29) is 12.1 Å². The lowest BCUT2D eigenvalue weighted by atomic mass is 10.2. The number of hydrogen-bond donors (Lipinski definition) is 1. The van der Waals surface area contributed by atoms with E-state index in [2.05, 4.69) is 16.4 Å². The molecule has 3 rings (SSSR count). The summed E-state index contributed by atoms with van der Waals surface area (Å²) >= 11 is 3.05. The Kier molecular flexibility index (Phi) is 6.01. The first-order chi connectivity index (χ1) is 13.1. The van der Waals surface area contributed by atoms with Gasteiger partial charge in [0.1, 0.15) is 16.6 Å². The number of rotatable bonds is 6. The topological polar surface area (TPSA) is 75.0 Å². The second-order valence-electron chi connectivity index (χ2n) is 5.86. The highest BCUT2D eigenvalue weighted by Gasteiger charge is 2.10. The molecule has 5 nitrogen and oxygen atoms in total. The first kappa shape index (κ1) is 18.8. The van der Waals surface area contributed by atoms with Crippen LogP contribution in [0.25, 0.3) is 16.1 Å². The zero-order valence-electron chi connectivity index (χ0n) is 14.8. The summed E-state index contributed by atoms with van der Waals surface area (Å²) in [5, 5.41) is 17.1. The number of carbonyl (C=O) groups is 1. The minimum Gasteiger partial charge on any atom is -0.459 e. The van der Waals surface area contributed by atoms with E-state index in [0.29, 0.717) is 16.1 Å². The molecule has 0 saturated carbocycles. The molecule has 7 heteroatoms. The van der Waals surface area contributed by atoms with Crippen molar-refractivity contribution in [1.29, 1.82) is 5.26 Å². The van der Waals surface area contributed by atoms with Gasteiger partial charge in [-0.1, -0.05) is 6.07 Å². The molecule has 27 heavy (non-hydrogen) atoms. The molecule has 0 atom stereocenters. The quantitative estimate of drug-likeness (QED) is 0.446. The Labute approximate surface area is 165 Å². The summed E-state index contributed by atoms with van der Waals surface area (Å²) < 4.78 is 5.16. The number of aromatic nitrogens is 1. The number of nitrogens with zero attached hydrogens (tertiary/aromatic N) is 2. The van der Waals surface area contributed by atoms with Crippen LogP contribution in [0.15, 0.2) is 53.4 Å². The van der Waals surface area contributed by atoms with Crippen LogP contribution in [0, 0.1) is 11.3 Å². The van der Waals surface area contributed by atoms with E-state index in [9.17, 15) is 10.1 Å². The summed E-state index contributed by atoms with van der Waals surface area (Å²) in [4.78, 5) is 17.5. The number of benzene rings is 1. The number of nitrogens with one attached hydrogen (secondary N) is 1. The third kappa shape index (κ3) is 4.82. The highest BCUT2D eigenvalue weighted by molar-refractivity contribution is 7.14. The lowest BCUT2D eigenvalue weighted by molar-refractivity contribution is 0.0378. The molecule has 136 valence electrons. The van der Waals surface area contributed by atoms with Gasteiger partial charge in [0.15, 0.2) is 0 Å². The van der Waals surface area contributed by atoms with Crippen LogP contribution >= 0.6 is 22.7 Å². The number of thiazole rings is 1. The summed E-state index contributed by atoms with van der Waals surface area (Å²) in [7, 11) is 0. The minimum absolute atomic E-state index is 0.159. The van der Waals surface area contributed by atoms with Gasteiger partial charge in [-0.15, -0.1) is 22.7 Å². The maximum atomic E-state index is 11.9. The second kappa shape index (κ2) is 8.62. The van der Waals surface area contributed by atoms with Crippen molar-refractivity contribution in [2.45, 2.75) is 20.0 Å². The van der Waals surface area contributed by atoms with Crippen LogP contribution in [-0.4, -0.2) is 17.1 Å². The lowest BCUT2D eigenvalue weighted by Gasteiger charge is -2.08. The summed E-state index contributed by atoms with van der Waals surface area (Å²) in [6.45, 7) is 3.62. The molecule has 0 bridgehead atoms. The van der Waals surface area contributed by atoms with Gasteiger partial charge in [-0.2, -0.15) is 5.26 Å². The maximum Gasteiger partial charge on any atom is 0.338 e. The number of ether oxygens (including phenoxy) is 1. The smallest absolute Gasteiger partial charge is 0.338 e. The van der Waals surface area contributed by atoms with Crippen molar-refractivity contribution < 1.29 is 9.53 Å². The van der Waals surface area contributed by atoms with Gasteiger partial charge in [-0.25, -0.2) is 9.78 Å². The number of nitriles is 1. The normalized spacial score (nSPS) is 11.3. The van der Waals surface area contributed by atoms with Gasteiger partial charge in [-0.05, 0) is 49.6 Å². The van der Waals surface area contributed by atoms with Crippen molar-refractivity contribution in [3.8, 4) is 16.6 Å². The van der Waals surface area contributed by atoms with E-state index in [4.69, 9.17) is 4.74 Å². The second-order valence-corrected chi connectivity index (χ2v) is 7.67. The Bertz CT molecular complexity index is 981. The summed E-state index contributed by atoms with van der Waals surface area (Å²) in [5.74, 6) is -0.353. The van der Waals surface area contributed by atoms with E-state index in [1.165, 1.54) is 11.3 Å². The third-order valence-corrected chi connectivity index (χ3v) is 5.24. The van der Waals surface area contributed by atoms with Crippen molar-refractivity contribution in [3.05, 3.63) is 63.9 Å². The van der Waals surface area contributed by atoms with E-state index < -0.39 is 0 Å². The fourth-order valence-corrected chi connectivity index (χ4v) is 3.76. The van der Waals surface area contributed by atoms with Crippen LogP contribution in [0.3, 0.4) is 0 Å². The van der Waals surface area contributed by atoms with Crippen molar-refractivity contribution in [2.75, 3.05) is 5.32 Å². The van der Waals surface area contributed by atoms with E-state index in [0.717, 1.165) is 16.3 Å². The van der Waals surface area contributed by atoms with Gasteiger partial charge in [0.25, 0.3) is 0 Å². The molecule has 0 fully saturated rings. The molecule has 1 aromatic carbocycles. The summed E-state index contributed by atoms with van der Waals surface area (Å²) in [6.07, 6.45) is 1.46.